The van der Waals surface area contributed by atoms with Crippen LogP contribution in [0.25, 0.3) is 0 Å². The van der Waals surface area contributed by atoms with Crippen LogP contribution in [0, 0.1) is 13.8 Å². The van der Waals surface area contributed by atoms with Gasteiger partial charge in [0.25, 0.3) is 0 Å². The molecule has 0 aliphatic rings. The molecule has 2 rings (SSSR count). The van der Waals surface area contributed by atoms with Crippen molar-refractivity contribution in [3.05, 3.63) is 70.3 Å². The van der Waals surface area contributed by atoms with Crippen LogP contribution in [0.2, 0.25) is 0 Å². The predicted molar refractivity (Wildman–Crippen MR) is 115 cm³/mol. The molecule has 6 nitrogen and oxygen atoms in total. The maximum absolute atomic E-state index is 12.3. The molecule has 0 saturated carbocycles. The van der Waals surface area contributed by atoms with Gasteiger partial charge in [0.2, 0.25) is 5.91 Å². The molecule has 0 fully saturated rings. The van der Waals surface area contributed by atoms with E-state index >= 15 is 0 Å². The minimum atomic E-state index is -0.439. The molecule has 0 bridgehead atoms. The number of hydrogen-bond donors (Lipinski definition) is 2. The van der Waals surface area contributed by atoms with Gasteiger partial charge < -0.3 is 20.7 Å². The summed E-state index contributed by atoms with van der Waals surface area (Å²) in [5, 5.41) is 2.88. The Balaban J connectivity index is 2.00. The second kappa shape index (κ2) is 10.1. The minimum Gasteiger partial charge on any atom is -0.442 e. The number of nitrogens with one attached hydrogen (secondary N) is 1. The number of alkyl carbamates (subject to hydrolysis) is 1. The summed E-state index contributed by atoms with van der Waals surface area (Å²) in [7, 11) is 3.96. The van der Waals surface area contributed by atoms with E-state index < -0.39 is 12.0 Å². The lowest BCUT2D eigenvalue weighted by atomic mass is 9.93. The molecule has 0 saturated heterocycles. The van der Waals surface area contributed by atoms with E-state index in [1.54, 1.807) is 0 Å². The zero-order chi connectivity index (χ0) is 21.6. The number of nitrogens with zero attached hydrogens (tertiary/aromatic N) is 1. The number of amides is 2. The highest BCUT2D eigenvalue weighted by Gasteiger charge is 2.19. The van der Waals surface area contributed by atoms with E-state index in [1.165, 1.54) is 0 Å². The van der Waals surface area contributed by atoms with Crippen LogP contribution in [-0.2, 0) is 11.2 Å². The lowest BCUT2D eigenvalue weighted by Gasteiger charge is -2.26. The number of carbonyl (C=O) groups excluding carboxylic acids is 2. The van der Waals surface area contributed by atoms with Crippen molar-refractivity contribution in [1.29, 1.82) is 0 Å². The minimum absolute atomic E-state index is 0.0754. The van der Waals surface area contributed by atoms with Gasteiger partial charge in [0.05, 0.1) is 0 Å². The highest BCUT2D eigenvalue weighted by Crippen LogP contribution is 2.20. The summed E-state index contributed by atoms with van der Waals surface area (Å²) in [5.41, 5.74) is 10.1. The Morgan fingerprint density at radius 2 is 1.69 bits per heavy atom. The van der Waals surface area contributed by atoms with Gasteiger partial charge in [0.15, 0.2) is 0 Å². The fraction of sp³-hybridized carbons (Fsp3) is 0.391. The Hall–Kier alpha value is -2.86. The first-order chi connectivity index (χ1) is 13.7. The van der Waals surface area contributed by atoms with E-state index in [2.05, 4.69) is 10.2 Å². The van der Waals surface area contributed by atoms with Crippen molar-refractivity contribution in [2.24, 2.45) is 5.73 Å². The SMILES string of the molecule is Cc1cc(C(N)=O)cc(C)c1C[C@@H](CNC(=O)O[C@@H](C)c1ccccc1)N(C)C. The summed E-state index contributed by atoms with van der Waals surface area (Å²) in [6, 6.07) is 13.3. The number of hydrogen-bond acceptors (Lipinski definition) is 4. The number of carbonyl (C=O) groups is 2. The monoisotopic (exact) mass is 397 g/mol. The van der Waals surface area contributed by atoms with Crippen molar-refractivity contribution in [3.63, 3.8) is 0 Å². The standard InChI is InChI=1S/C23H31N3O3/c1-15-11-19(22(24)27)12-16(2)21(15)13-20(26(4)5)14-25-23(28)29-17(3)18-9-7-6-8-10-18/h6-12,17,20H,13-14H2,1-5H3,(H2,24,27)(H,25,28)/t17-,20-/m0/s1. The smallest absolute Gasteiger partial charge is 0.407 e. The van der Waals surface area contributed by atoms with E-state index in [1.807, 2.05) is 77.3 Å². The molecule has 0 spiro atoms. The van der Waals surface area contributed by atoms with Crippen LogP contribution in [0.5, 0.6) is 0 Å². The Morgan fingerprint density at radius 3 is 2.21 bits per heavy atom. The highest BCUT2D eigenvalue weighted by atomic mass is 16.6. The zero-order valence-corrected chi connectivity index (χ0v) is 17.9. The van der Waals surface area contributed by atoms with Gasteiger partial charge >= 0.3 is 6.09 Å². The van der Waals surface area contributed by atoms with Crippen LogP contribution in [-0.4, -0.2) is 43.6 Å². The van der Waals surface area contributed by atoms with Crippen LogP contribution in [0.3, 0.4) is 0 Å². The van der Waals surface area contributed by atoms with Gasteiger partial charge in [-0.25, -0.2) is 4.79 Å². The second-order valence-electron chi connectivity index (χ2n) is 7.61. The molecule has 29 heavy (non-hydrogen) atoms. The first kappa shape index (κ1) is 22.4. The van der Waals surface area contributed by atoms with Crippen molar-refractivity contribution in [2.75, 3.05) is 20.6 Å². The van der Waals surface area contributed by atoms with Crippen LogP contribution in [0.4, 0.5) is 4.79 Å². The van der Waals surface area contributed by atoms with Gasteiger partial charge in [0.1, 0.15) is 6.10 Å². The number of likely N-dealkylation sites (N-methyl/N-ethyl adjacent to an activating group) is 1. The molecule has 2 atom stereocenters. The first-order valence-corrected chi connectivity index (χ1v) is 9.74. The molecule has 0 radical (unpaired) electrons. The molecule has 2 amide bonds. The van der Waals surface area contributed by atoms with E-state index in [0.717, 1.165) is 28.7 Å². The Kier molecular flexibility index (Phi) is 7.79. The molecule has 2 aromatic rings. The second-order valence-corrected chi connectivity index (χ2v) is 7.61. The molecule has 0 heterocycles. The van der Waals surface area contributed by atoms with Gasteiger partial charge in [-0.05, 0) is 75.7 Å². The molecule has 0 unspecified atom stereocenters. The first-order valence-electron chi connectivity index (χ1n) is 9.74. The average Bonchev–Trinajstić information content (AvgIpc) is 2.66. The van der Waals surface area contributed by atoms with E-state index in [-0.39, 0.29) is 12.1 Å². The molecule has 156 valence electrons. The maximum Gasteiger partial charge on any atom is 0.407 e. The van der Waals surface area contributed by atoms with Crippen LogP contribution in [0.15, 0.2) is 42.5 Å². The highest BCUT2D eigenvalue weighted by molar-refractivity contribution is 5.93. The van der Waals surface area contributed by atoms with Crippen molar-refractivity contribution in [1.82, 2.24) is 10.2 Å². The normalized spacial score (nSPS) is 13.0. The number of nitrogens with two attached hydrogens (primary N) is 1. The summed E-state index contributed by atoms with van der Waals surface area (Å²) in [4.78, 5) is 25.8. The molecule has 0 aliphatic heterocycles. The Morgan fingerprint density at radius 1 is 1.10 bits per heavy atom. The van der Waals surface area contributed by atoms with Crippen molar-refractivity contribution in [2.45, 2.75) is 39.3 Å². The lowest BCUT2D eigenvalue weighted by molar-refractivity contribution is 0.0998. The largest absolute Gasteiger partial charge is 0.442 e. The molecule has 0 aliphatic carbocycles. The quantitative estimate of drug-likeness (QED) is 0.715. The fourth-order valence-electron chi connectivity index (χ4n) is 3.33. The number of rotatable bonds is 8. The third-order valence-electron chi connectivity index (χ3n) is 5.19. The van der Waals surface area contributed by atoms with Gasteiger partial charge in [-0.1, -0.05) is 30.3 Å². The number of primary amides is 1. The average molecular weight is 398 g/mol. The topological polar surface area (TPSA) is 84.7 Å². The Labute approximate surface area is 173 Å². The number of ether oxygens (including phenoxy) is 1. The third-order valence-corrected chi connectivity index (χ3v) is 5.19. The molecular weight excluding hydrogens is 366 g/mol. The van der Waals surface area contributed by atoms with Crippen LogP contribution in [0.1, 0.15) is 45.6 Å². The number of benzene rings is 2. The molecule has 3 N–H and O–H groups in total. The summed E-state index contributed by atoms with van der Waals surface area (Å²) in [5.74, 6) is -0.427. The van der Waals surface area contributed by atoms with Crippen molar-refractivity contribution >= 4 is 12.0 Å². The van der Waals surface area contributed by atoms with E-state index in [4.69, 9.17) is 10.5 Å². The van der Waals surface area contributed by atoms with E-state index in [9.17, 15) is 9.59 Å². The molecule has 0 aromatic heterocycles. The van der Waals surface area contributed by atoms with Gasteiger partial charge in [-0.2, -0.15) is 0 Å². The van der Waals surface area contributed by atoms with Gasteiger partial charge in [-0.15, -0.1) is 0 Å². The van der Waals surface area contributed by atoms with Crippen molar-refractivity contribution < 1.29 is 14.3 Å². The summed E-state index contributed by atoms with van der Waals surface area (Å²) in [6.07, 6.45) is -0.0244. The zero-order valence-electron chi connectivity index (χ0n) is 17.9. The van der Waals surface area contributed by atoms with Crippen LogP contribution < -0.4 is 11.1 Å². The van der Waals surface area contributed by atoms with E-state index in [0.29, 0.717) is 12.1 Å². The molecule has 2 aromatic carbocycles. The summed E-state index contributed by atoms with van der Waals surface area (Å²) >= 11 is 0. The van der Waals surface area contributed by atoms with Crippen LogP contribution >= 0.6 is 0 Å². The number of aryl methyl sites for hydroxylation is 2. The fourth-order valence-corrected chi connectivity index (χ4v) is 3.33. The van der Waals surface area contributed by atoms with Crippen molar-refractivity contribution in [3.8, 4) is 0 Å². The molecular formula is C23H31N3O3. The molecule has 6 heteroatoms. The maximum atomic E-state index is 12.3. The summed E-state index contributed by atoms with van der Waals surface area (Å²) < 4.78 is 5.49. The Bertz CT molecular complexity index is 827. The summed E-state index contributed by atoms with van der Waals surface area (Å²) in [6.45, 7) is 6.25. The van der Waals surface area contributed by atoms with Gasteiger partial charge in [-0.3, -0.25) is 4.79 Å². The lowest BCUT2D eigenvalue weighted by Crippen LogP contribution is -2.42. The predicted octanol–water partition coefficient (Wildman–Crippen LogP) is 3.36. The van der Waals surface area contributed by atoms with Gasteiger partial charge in [0, 0.05) is 18.2 Å². The third kappa shape index (κ3) is 6.32.